The van der Waals surface area contributed by atoms with Gasteiger partial charge in [0.05, 0.1) is 16.7 Å². The minimum absolute atomic E-state index is 1.21. The van der Waals surface area contributed by atoms with Gasteiger partial charge in [-0.05, 0) is 59.3 Å². The summed E-state index contributed by atoms with van der Waals surface area (Å²) in [5.74, 6) is 0. The molecule has 7 rings (SSSR count). The molecule has 7 aromatic rings. The van der Waals surface area contributed by atoms with Crippen LogP contribution >= 0.6 is 0 Å². The average molecular weight is 476 g/mol. The van der Waals surface area contributed by atoms with Crippen molar-refractivity contribution < 1.29 is 4.57 Å². The lowest BCUT2D eigenvalue weighted by Gasteiger charge is -2.15. The van der Waals surface area contributed by atoms with E-state index >= 15 is 0 Å². The second kappa shape index (κ2) is 8.46. The number of rotatable bonds is 3. The summed E-state index contributed by atoms with van der Waals surface area (Å²) < 4.78 is 4.61. The Bertz CT molecular complexity index is 1910. The van der Waals surface area contributed by atoms with Crippen LogP contribution in [0.15, 0.2) is 128 Å². The summed E-state index contributed by atoms with van der Waals surface area (Å²) in [5.41, 5.74) is 9.90. The van der Waals surface area contributed by atoms with E-state index in [1.807, 2.05) is 0 Å². The maximum absolute atomic E-state index is 2.42. The van der Waals surface area contributed by atoms with E-state index in [1.165, 1.54) is 66.2 Å². The maximum atomic E-state index is 2.42. The molecule has 176 valence electrons. The van der Waals surface area contributed by atoms with E-state index in [0.29, 0.717) is 0 Å². The molecule has 2 heterocycles. The zero-order valence-corrected chi connectivity index (χ0v) is 21.0. The summed E-state index contributed by atoms with van der Waals surface area (Å²) >= 11 is 0. The van der Waals surface area contributed by atoms with E-state index in [-0.39, 0.29) is 0 Å². The first-order valence-electron chi connectivity index (χ1n) is 12.8. The molecular formula is C35H27N2+. The zero-order chi connectivity index (χ0) is 24.9. The number of para-hydroxylation sites is 2. The Morgan fingerprint density at radius 2 is 1.16 bits per heavy atom. The molecule has 2 aromatic heterocycles. The largest absolute Gasteiger partial charge is 0.309 e. The molecule has 2 nitrogen and oxygen atoms in total. The van der Waals surface area contributed by atoms with Gasteiger partial charge in [0, 0.05) is 33.9 Å². The molecule has 0 aliphatic heterocycles. The van der Waals surface area contributed by atoms with Crippen LogP contribution in [0, 0.1) is 6.92 Å². The molecule has 0 atom stereocenters. The van der Waals surface area contributed by atoms with Crippen LogP contribution < -0.4 is 4.57 Å². The Morgan fingerprint density at radius 1 is 0.541 bits per heavy atom. The van der Waals surface area contributed by atoms with Crippen LogP contribution in [0.3, 0.4) is 0 Å². The van der Waals surface area contributed by atoms with Crippen molar-refractivity contribution in [2.75, 3.05) is 0 Å². The Hall–Kier alpha value is -4.69. The van der Waals surface area contributed by atoms with Crippen molar-refractivity contribution in [1.29, 1.82) is 0 Å². The highest BCUT2D eigenvalue weighted by atomic mass is 15.0. The molecule has 0 bridgehead atoms. The van der Waals surface area contributed by atoms with Crippen molar-refractivity contribution in [3.05, 3.63) is 133 Å². The van der Waals surface area contributed by atoms with Crippen LogP contribution in [-0.4, -0.2) is 4.57 Å². The van der Waals surface area contributed by atoms with E-state index in [0.717, 1.165) is 0 Å². The minimum Gasteiger partial charge on any atom is -0.309 e. The Balaban J connectivity index is 1.49. The second-order valence-corrected chi connectivity index (χ2v) is 9.77. The first kappa shape index (κ1) is 21.6. The summed E-state index contributed by atoms with van der Waals surface area (Å²) in [7, 11) is 2.11. The van der Waals surface area contributed by atoms with Gasteiger partial charge in [0.1, 0.15) is 7.05 Å². The number of hydrogen-bond donors (Lipinski definition) is 0. The van der Waals surface area contributed by atoms with Crippen LogP contribution in [-0.2, 0) is 7.05 Å². The van der Waals surface area contributed by atoms with E-state index < -0.39 is 0 Å². The van der Waals surface area contributed by atoms with Gasteiger partial charge in [-0.15, -0.1) is 0 Å². The monoisotopic (exact) mass is 475 g/mol. The molecular weight excluding hydrogens is 448 g/mol. The summed E-state index contributed by atoms with van der Waals surface area (Å²) in [6.45, 7) is 2.19. The van der Waals surface area contributed by atoms with Crippen LogP contribution in [0.4, 0.5) is 0 Å². The Morgan fingerprint density at radius 3 is 1.86 bits per heavy atom. The van der Waals surface area contributed by atoms with Crippen LogP contribution in [0.5, 0.6) is 0 Å². The molecule has 0 N–H and O–H groups in total. The number of nitrogens with zero attached hydrogens (tertiary/aromatic N) is 2. The van der Waals surface area contributed by atoms with Crippen LogP contribution in [0.1, 0.15) is 5.56 Å². The quantitative estimate of drug-likeness (QED) is 0.227. The third kappa shape index (κ3) is 3.37. The Labute approximate surface area is 216 Å². The molecule has 0 unspecified atom stereocenters. The van der Waals surface area contributed by atoms with E-state index in [1.54, 1.807) is 0 Å². The standard InChI is InChI=1S/C35H27N2/c1-24-18-19-25(23-31(24)32-15-9-10-22-36(32)2)26-20-21-35(28-12-4-3-11-27(26)28)37-33-16-7-5-13-29(33)30-14-6-8-17-34(30)37/h3-23H,1-2H3/q+1. The van der Waals surface area contributed by atoms with Gasteiger partial charge in [0.25, 0.3) is 0 Å². The SMILES string of the molecule is Cc1ccc(-c2ccc(-n3c4ccccc4c4ccccc43)c3ccccc23)cc1-c1cccc[n+]1C. The number of benzene rings is 5. The van der Waals surface area contributed by atoms with Crippen molar-refractivity contribution in [1.82, 2.24) is 4.57 Å². The van der Waals surface area contributed by atoms with Crippen molar-refractivity contribution in [3.63, 3.8) is 0 Å². The van der Waals surface area contributed by atoms with E-state index in [2.05, 4.69) is 151 Å². The Kier molecular flexibility index (Phi) is 4.93. The van der Waals surface area contributed by atoms with Crippen LogP contribution in [0.25, 0.3) is 60.6 Å². The summed E-state index contributed by atoms with van der Waals surface area (Å²) in [4.78, 5) is 0. The number of pyridine rings is 1. The van der Waals surface area contributed by atoms with Crippen LogP contribution in [0.2, 0.25) is 0 Å². The molecule has 0 amide bonds. The summed E-state index contributed by atoms with van der Waals surface area (Å²) in [6, 6.07) is 44.0. The maximum Gasteiger partial charge on any atom is 0.212 e. The minimum atomic E-state index is 1.21. The molecule has 0 fully saturated rings. The summed E-state index contributed by atoms with van der Waals surface area (Å²) in [5, 5.41) is 5.07. The lowest BCUT2D eigenvalue weighted by atomic mass is 9.93. The average Bonchev–Trinajstić information content (AvgIpc) is 3.28. The molecule has 0 aliphatic carbocycles. The fourth-order valence-electron chi connectivity index (χ4n) is 5.78. The highest BCUT2D eigenvalue weighted by Gasteiger charge is 2.17. The zero-order valence-electron chi connectivity index (χ0n) is 21.0. The number of aromatic nitrogens is 2. The van der Waals surface area contributed by atoms with Crippen molar-refractivity contribution in [2.45, 2.75) is 6.92 Å². The fraction of sp³-hybridized carbons (Fsp3) is 0.0571. The van der Waals surface area contributed by atoms with Gasteiger partial charge >= 0.3 is 0 Å². The van der Waals surface area contributed by atoms with E-state index in [4.69, 9.17) is 0 Å². The fourth-order valence-corrected chi connectivity index (χ4v) is 5.78. The third-order valence-corrected chi connectivity index (χ3v) is 7.60. The lowest BCUT2D eigenvalue weighted by Crippen LogP contribution is -2.30. The predicted molar refractivity (Wildman–Crippen MR) is 155 cm³/mol. The van der Waals surface area contributed by atoms with Crippen molar-refractivity contribution in [2.24, 2.45) is 7.05 Å². The highest BCUT2D eigenvalue weighted by Crippen LogP contribution is 2.38. The first-order chi connectivity index (χ1) is 18.2. The van der Waals surface area contributed by atoms with Gasteiger partial charge in [0.2, 0.25) is 5.69 Å². The van der Waals surface area contributed by atoms with Gasteiger partial charge in [-0.3, -0.25) is 0 Å². The van der Waals surface area contributed by atoms with Gasteiger partial charge in [-0.25, -0.2) is 4.57 Å². The molecule has 5 aromatic carbocycles. The smallest absolute Gasteiger partial charge is 0.212 e. The first-order valence-corrected chi connectivity index (χ1v) is 12.8. The molecule has 0 saturated heterocycles. The second-order valence-electron chi connectivity index (χ2n) is 9.77. The van der Waals surface area contributed by atoms with Crippen molar-refractivity contribution in [3.8, 4) is 28.1 Å². The topological polar surface area (TPSA) is 8.81 Å². The molecule has 0 spiro atoms. The molecule has 37 heavy (non-hydrogen) atoms. The number of aryl methyl sites for hydroxylation is 2. The molecule has 2 heteroatoms. The molecule has 0 aliphatic rings. The lowest BCUT2D eigenvalue weighted by molar-refractivity contribution is -0.660. The highest BCUT2D eigenvalue weighted by molar-refractivity contribution is 6.11. The normalized spacial score (nSPS) is 11.5. The number of hydrogen-bond acceptors (Lipinski definition) is 0. The van der Waals surface area contributed by atoms with Gasteiger partial charge in [-0.1, -0.05) is 78.9 Å². The van der Waals surface area contributed by atoms with Gasteiger partial charge in [0.15, 0.2) is 6.20 Å². The molecule has 0 radical (unpaired) electrons. The summed E-state index contributed by atoms with van der Waals surface area (Å²) in [6.07, 6.45) is 2.11. The predicted octanol–water partition coefficient (Wildman–Crippen LogP) is 8.40. The third-order valence-electron chi connectivity index (χ3n) is 7.60. The van der Waals surface area contributed by atoms with Gasteiger partial charge in [-0.2, -0.15) is 0 Å². The molecule has 0 saturated carbocycles. The number of fused-ring (bicyclic) bond motifs is 4. The van der Waals surface area contributed by atoms with E-state index in [9.17, 15) is 0 Å². The van der Waals surface area contributed by atoms with Gasteiger partial charge < -0.3 is 4.57 Å². The van der Waals surface area contributed by atoms with Crippen molar-refractivity contribution >= 4 is 32.6 Å².